The third kappa shape index (κ3) is 3.60. The van der Waals surface area contributed by atoms with Crippen molar-refractivity contribution in [2.24, 2.45) is 0 Å². The molecule has 1 aliphatic carbocycles. The molecule has 0 unspecified atom stereocenters. The van der Waals surface area contributed by atoms with Crippen LogP contribution < -0.4 is 5.63 Å². The quantitative estimate of drug-likeness (QED) is 0.342. The van der Waals surface area contributed by atoms with Crippen molar-refractivity contribution >= 4 is 22.7 Å². The van der Waals surface area contributed by atoms with E-state index in [1.807, 2.05) is 32.0 Å². The fourth-order valence-electron chi connectivity index (χ4n) is 4.04. The van der Waals surface area contributed by atoms with E-state index >= 15 is 0 Å². The highest BCUT2D eigenvalue weighted by Gasteiger charge is 2.16. The van der Waals surface area contributed by atoms with E-state index in [4.69, 9.17) is 8.83 Å². The van der Waals surface area contributed by atoms with Gasteiger partial charge in [-0.05, 0) is 74.1 Å². The Morgan fingerprint density at radius 1 is 0.931 bits per heavy atom. The molecule has 0 saturated carbocycles. The Balaban J connectivity index is 1.43. The zero-order valence-electron chi connectivity index (χ0n) is 16.3. The van der Waals surface area contributed by atoms with Crippen molar-refractivity contribution in [3.8, 4) is 11.5 Å². The van der Waals surface area contributed by atoms with Crippen LogP contribution in [0.2, 0.25) is 0 Å². The van der Waals surface area contributed by atoms with Crippen LogP contribution in [0.4, 0.5) is 0 Å². The molecular weight excluding hydrogens is 384 g/mol. The maximum Gasteiger partial charge on any atom is 0.336 e. The lowest BCUT2D eigenvalue weighted by atomic mass is 10.0. The lowest BCUT2D eigenvalue weighted by Crippen LogP contribution is -2.01. The monoisotopic (exact) mass is 404 g/mol. The van der Waals surface area contributed by atoms with Gasteiger partial charge in [-0.15, -0.1) is 10.2 Å². The van der Waals surface area contributed by atoms with E-state index in [0.717, 1.165) is 46.9 Å². The molecule has 146 valence electrons. The lowest BCUT2D eigenvalue weighted by Gasteiger charge is -2.07. The third-order valence-electron chi connectivity index (χ3n) is 5.27. The summed E-state index contributed by atoms with van der Waals surface area (Å²) >= 11 is 1.43. The van der Waals surface area contributed by atoms with E-state index in [-0.39, 0.29) is 5.63 Å². The molecule has 0 atom stereocenters. The van der Waals surface area contributed by atoms with Gasteiger partial charge in [-0.2, -0.15) is 0 Å². The van der Waals surface area contributed by atoms with Crippen LogP contribution in [0.25, 0.3) is 22.4 Å². The van der Waals surface area contributed by atoms with Gasteiger partial charge in [0.1, 0.15) is 5.58 Å². The molecule has 0 spiro atoms. The summed E-state index contributed by atoms with van der Waals surface area (Å²) in [6.45, 7) is 4.09. The number of aromatic nitrogens is 2. The predicted molar refractivity (Wildman–Crippen MR) is 113 cm³/mol. The first kappa shape index (κ1) is 18.2. The largest absolute Gasteiger partial charge is 0.423 e. The number of thioether (sulfide) groups is 1. The van der Waals surface area contributed by atoms with Gasteiger partial charge >= 0.3 is 5.63 Å². The number of fused-ring (bicyclic) bond motifs is 2. The van der Waals surface area contributed by atoms with E-state index in [1.54, 1.807) is 6.07 Å². The van der Waals surface area contributed by atoms with Crippen molar-refractivity contribution < 1.29 is 8.83 Å². The number of hydrogen-bond acceptors (Lipinski definition) is 6. The van der Waals surface area contributed by atoms with Gasteiger partial charge in [-0.25, -0.2) is 4.79 Å². The van der Waals surface area contributed by atoms with E-state index in [9.17, 15) is 4.79 Å². The molecule has 0 radical (unpaired) electrons. The van der Waals surface area contributed by atoms with Crippen LogP contribution in [0, 0.1) is 13.8 Å². The third-order valence-corrected chi connectivity index (χ3v) is 6.14. The fourth-order valence-corrected chi connectivity index (χ4v) is 4.79. The van der Waals surface area contributed by atoms with Crippen molar-refractivity contribution in [3.05, 3.63) is 74.6 Å². The maximum atomic E-state index is 12.0. The molecule has 2 heterocycles. The summed E-state index contributed by atoms with van der Waals surface area (Å²) in [4.78, 5) is 12.0. The Morgan fingerprint density at radius 3 is 2.48 bits per heavy atom. The first-order valence-electron chi connectivity index (χ1n) is 9.69. The van der Waals surface area contributed by atoms with Crippen molar-refractivity contribution in [1.29, 1.82) is 0 Å². The van der Waals surface area contributed by atoms with Crippen LogP contribution in [-0.4, -0.2) is 10.2 Å². The van der Waals surface area contributed by atoms with Crippen LogP contribution in [0.1, 0.15) is 34.2 Å². The molecule has 0 bridgehead atoms. The van der Waals surface area contributed by atoms with Gasteiger partial charge in [-0.1, -0.05) is 29.0 Å². The van der Waals surface area contributed by atoms with Gasteiger partial charge in [0.25, 0.3) is 5.22 Å². The molecular formula is C23H20N2O3S. The molecule has 0 fully saturated rings. The minimum Gasteiger partial charge on any atom is -0.423 e. The maximum absolute atomic E-state index is 12.0. The number of rotatable bonds is 4. The summed E-state index contributed by atoms with van der Waals surface area (Å²) in [6.07, 6.45) is 3.29. The summed E-state index contributed by atoms with van der Waals surface area (Å²) in [5, 5.41) is 9.84. The van der Waals surface area contributed by atoms with Crippen molar-refractivity contribution in [1.82, 2.24) is 10.2 Å². The van der Waals surface area contributed by atoms with Crippen LogP contribution in [0.5, 0.6) is 0 Å². The number of nitrogens with zero attached hydrogens (tertiary/aromatic N) is 2. The Bertz CT molecular complexity index is 1270. The highest BCUT2D eigenvalue weighted by molar-refractivity contribution is 7.98. The van der Waals surface area contributed by atoms with E-state index in [0.29, 0.717) is 22.4 Å². The molecule has 4 aromatic rings. The minimum atomic E-state index is -0.326. The number of hydrogen-bond donors (Lipinski definition) is 0. The second-order valence-electron chi connectivity index (χ2n) is 7.60. The second kappa shape index (κ2) is 7.19. The average Bonchev–Trinajstić information content (AvgIpc) is 3.32. The topological polar surface area (TPSA) is 69.1 Å². The highest BCUT2D eigenvalue weighted by Crippen LogP contribution is 2.32. The van der Waals surface area contributed by atoms with Gasteiger partial charge in [0.05, 0.1) is 0 Å². The number of benzene rings is 2. The molecule has 29 heavy (non-hydrogen) atoms. The van der Waals surface area contributed by atoms with Gasteiger partial charge < -0.3 is 8.83 Å². The predicted octanol–water partition coefficient (Wildman–Crippen LogP) is 5.24. The Kier molecular flexibility index (Phi) is 4.51. The molecule has 6 heteroatoms. The van der Waals surface area contributed by atoms with Gasteiger partial charge in [0.15, 0.2) is 0 Å². The molecule has 2 aromatic heterocycles. The normalized spacial score (nSPS) is 13.2. The lowest BCUT2D eigenvalue weighted by molar-refractivity contribution is 0.465. The fraction of sp³-hybridized carbons (Fsp3) is 0.261. The first-order chi connectivity index (χ1) is 14.0. The average molecular weight is 404 g/mol. The van der Waals surface area contributed by atoms with Crippen LogP contribution >= 0.6 is 11.8 Å². The minimum absolute atomic E-state index is 0.326. The van der Waals surface area contributed by atoms with E-state index < -0.39 is 0 Å². The highest BCUT2D eigenvalue weighted by atomic mass is 32.2. The molecule has 0 aliphatic heterocycles. The smallest absolute Gasteiger partial charge is 0.336 e. The summed E-state index contributed by atoms with van der Waals surface area (Å²) in [6, 6.07) is 11.9. The number of aryl methyl sites for hydroxylation is 4. The van der Waals surface area contributed by atoms with Crippen LogP contribution in [0.15, 0.2) is 55.2 Å². The zero-order chi connectivity index (χ0) is 20.0. The van der Waals surface area contributed by atoms with Crippen LogP contribution in [-0.2, 0) is 18.6 Å². The first-order valence-corrected chi connectivity index (χ1v) is 10.7. The van der Waals surface area contributed by atoms with E-state index in [2.05, 4.69) is 22.3 Å². The van der Waals surface area contributed by atoms with Gasteiger partial charge in [-0.3, -0.25) is 0 Å². The molecule has 0 amide bonds. The van der Waals surface area contributed by atoms with Crippen molar-refractivity contribution in [3.63, 3.8) is 0 Å². The second-order valence-corrected chi connectivity index (χ2v) is 8.53. The summed E-state index contributed by atoms with van der Waals surface area (Å²) < 4.78 is 11.3. The zero-order valence-corrected chi connectivity index (χ0v) is 17.1. The Hall–Kier alpha value is -2.86. The summed E-state index contributed by atoms with van der Waals surface area (Å²) in [5.41, 5.74) is 7.14. The molecule has 0 saturated heterocycles. The molecule has 0 N–H and O–H groups in total. The van der Waals surface area contributed by atoms with Crippen LogP contribution in [0.3, 0.4) is 0 Å². The Labute approximate surface area is 172 Å². The Morgan fingerprint density at radius 2 is 1.69 bits per heavy atom. The SMILES string of the molecule is Cc1cc(C)cc(-c2nnc(SCc3cc(=O)oc4cc5c(cc34)CCC5)o2)c1. The molecule has 1 aliphatic rings. The molecule has 5 nitrogen and oxygen atoms in total. The molecule has 5 rings (SSSR count). The molecule has 2 aromatic carbocycles. The van der Waals surface area contributed by atoms with Gasteiger partial charge in [0.2, 0.25) is 5.89 Å². The van der Waals surface area contributed by atoms with Gasteiger partial charge in [0, 0.05) is 22.8 Å². The summed E-state index contributed by atoms with van der Waals surface area (Å²) in [7, 11) is 0. The van der Waals surface area contributed by atoms with Crippen molar-refractivity contribution in [2.45, 2.75) is 44.1 Å². The standard InChI is InChI=1S/C23H20N2O3S/c1-13-6-14(2)8-17(7-13)22-24-25-23(28-22)29-12-18-11-21(26)27-20-10-16-5-3-4-15(16)9-19(18)20/h6-11H,3-5,12H2,1-2H3. The van der Waals surface area contributed by atoms with Crippen molar-refractivity contribution in [2.75, 3.05) is 0 Å². The summed E-state index contributed by atoms with van der Waals surface area (Å²) in [5.74, 6) is 1.07. The van der Waals surface area contributed by atoms with E-state index in [1.165, 1.54) is 22.9 Å².